The summed E-state index contributed by atoms with van der Waals surface area (Å²) >= 11 is 0. The summed E-state index contributed by atoms with van der Waals surface area (Å²) in [4.78, 5) is 1.18. The molecule has 1 unspecified atom stereocenters. The molecule has 1 aliphatic rings. The van der Waals surface area contributed by atoms with Gasteiger partial charge in [-0.1, -0.05) is 24.3 Å². The Morgan fingerprint density at radius 1 is 1.35 bits per heavy atom. The van der Waals surface area contributed by atoms with Crippen LogP contribution in [0.2, 0.25) is 0 Å². The third kappa shape index (κ3) is 2.59. The van der Waals surface area contributed by atoms with Crippen LogP contribution in [-0.4, -0.2) is 24.2 Å². The van der Waals surface area contributed by atoms with Gasteiger partial charge in [-0.25, -0.2) is 0 Å². The van der Waals surface area contributed by atoms with Crippen molar-refractivity contribution in [3.8, 4) is 6.07 Å². The molecule has 1 atom stereocenters. The number of nitrogens with zero attached hydrogens (tertiary/aromatic N) is 2. The molecule has 1 heterocycles. The quantitative estimate of drug-likeness (QED) is 0.754. The Morgan fingerprint density at radius 3 is 2.71 bits per heavy atom. The zero-order valence-electron chi connectivity index (χ0n) is 9.04. The monoisotopic (exact) mass is 240 g/mol. The van der Waals surface area contributed by atoms with Crippen LogP contribution < -0.4 is 0 Å². The van der Waals surface area contributed by atoms with Gasteiger partial charge in [-0.05, 0) is 17.5 Å². The van der Waals surface area contributed by atoms with Crippen LogP contribution in [0.15, 0.2) is 24.3 Å². The number of rotatable bonds is 1. The maximum absolute atomic E-state index is 12.4. The average Bonchev–Trinajstić information content (AvgIpc) is 2.27. The maximum atomic E-state index is 12.4. The Labute approximate surface area is 97.3 Å². The van der Waals surface area contributed by atoms with Gasteiger partial charge in [-0.2, -0.15) is 18.4 Å². The molecule has 0 amide bonds. The van der Waals surface area contributed by atoms with Gasteiger partial charge in [0.25, 0.3) is 0 Å². The molecule has 90 valence electrons. The number of fused-ring (bicyclic) bond motifs is 1. The smallest absolute Gasteiger partial charge is 0.275 e. The van der Waals surface area contributed by atoms with E-state index in [1.54, 1.807) is 12.1 Å². The summed E-state index contributed by atoms with van der Waals surface area (Å²) in [6, 6.07) is 8.35. The van der Waals surface area contributed by atoms with Crippen LogP contribution in [0.3, 0.4) is 0 Å². The lowest BCUT2D eigenvalue weighted by Crippen LogP contribution is -2.40. The highest BCUT2D eigenvalue weighted by Gasteiger charge is 2.36. The van der Waals surface area contributed by atoms with Crippen LogP contribution >= 0.6 is 0 Å². The Hall–Kier alpha value is -1.54. The Bertz CT molecular complexity index is 448. The van der Waals surface area contributed by atoms with Crippen molar-refractivity contribution in [2.45, 2.75) is 18.6 Å². The predicted molar refractivity (Wildman–Crippen MR) is 56.1 cm³/mol. The van der Waals surface area contributed by atoms with Crippen LogP contribution in [0, 0.1) is 11.3 Å². The van der Waals surface area contributed by atoms with Gasteiger partial charge in [0.1, 0.15) is 6.04 Å². The molecule has 2 nitrogen and oxygen atoms in total. The maximum Gasteiger partial charge on any atom is 0.401 e. The highest BCUT2D eigenvalue weighted by atomic mass is 19.4. The fourth-order valence-electron chi connectivity index (χ4n) is 2.17. The summed E-state index contributed by atoms with van der Waals surface area (Å²) in [5.74, 6) is 0. The highest BCUT2D eigenvalue weighted by molar-refractivity contribution is 5.35. The fourth-order valence-corrected chi connectivity index (χ4v) is 2.17. The molecule has 0 radical (unpaired) electrons. The summed E-state index contributed by atoms with van der Waals surface area (Å²) in [6.07, 6.45) is -3.70. The Balaban J connectivity index is 2.27. The lowest BCUT2D eigenvalue weighted by atomic mass is 9.93. The molecule has 0 fully saturated rings. The van der Waals surface area contributed by atoms with Crippen molar-refractivity contribution >= 4 is 0 Å². The zero-order valence-corrected chi connectivity index (χ0v) is 9.04. The van der Waals surface area contributed by atoms with Crippen molar-refractivity contribution in [3.63, 3.8) is 0 Å². The van der Waals surface area contributed by atoms with Crippen molar-refractivity contribution in [2.75, 3.05) is 13.1 Å². The molecule has 5 heteroatoms. The molecule has 0 N–H and O–H groups in total. The minimum atomic E-state index is -4.26. The Kier molecular flexibility index (Phi) is 3.07. The van der Waals surface area contributed by atoms with Crippen LogP contribution in [0.4, 0.5) is 13.2 Å². The van der Waals surface area contributed by atoms with Crippen LogP contribution in [0.1, 0.15) is 17.2 Å². The normalized spacial score (nSPS) is 20.7. The van der Waals surface area contributed by atoms with Crippen LogP contribution in [-0.2, 0) is 6.42 Å². The van der Waals surface area contributed by atoms with Crippen molar-refractivity contribution < 1.29 is 13.2 Å². The van der Waals surface area contributed by atoms with Crippen molar-refractivity contribution in [1.82, 2.24) is 4.90 Å². The van der Waals surface area contributed by atoms with E-state index in [1.165, 1.54) is 4.90 Å². The molecule has 1 aliphatic heterocycles. The zero-order chi connectivity index (χ0) is 12.5. The number of halogens is 3. The molecule has 0 saturated heterocycles. The first kappa shape index (κ1) is 11.9. The molecule has 0 aliphatic carbocycles. The number of hydrogen-bond acceptors (Lipinski definition) is 2. The van der Waals surface area contributed by atoms with E-state index in [9.17, 15) is 13.2 Å². The topological polar surface area (TPSA) is 27.0 Å². The van der Waals surface area contributed by atoms with E-state index in [0.29, 0.717) is 12.0 Å². The van der Waals surface area contributed by atoms with E-state index >= 15 is 0 Å². The SMILES string of the molecule is N#CC1c2ccccc2CCN1CC(F)(F)F. The summed E-state index contributed by atoms with van der Waals surface area (Å²) in [5, 5.41) is 9.05. The average molecular weight is 240 g/mol. The second-order valence-electron chi connectivity index (χ2n) is 4.07. The third-order valence-corrected chi connectivity index (χ3v) is 2.89. The van der Waals surface area contributed by atoms with Crippen molar-refractivity contribution in [1.29, 1.82) is 5.26 Å². The van der Waals surface area contributed by atoms with E-state index in [-0.39, 0.29) is 6.54 Å². The van der Waals surface area contributed by atoms with Gasteiger partial charge < -0.3 is 0 Å². The highest BCUT2D eigenvalue weighted by Crippen LogP contribution is 2.31. The molecule has 17 heavy (non-hydrogen) atoms. The van der Waals surface area contributed by atoms with Gasteiger partial charge in [-0.15, -0.1) is 0 Å². The molecule has 0 saturated carbocycles. The van der Waals surface area contributed by atoms with Gasteiger partial charge in [0.05, 0.1) is 12.6 Å². The second kappa shape index (κ2) is 4.38. The van der Waals surface area contributed by atoms with Crippen LogP contribution in [0.25, 0.3) is 0 Å². The molecule has 0 aromatic heterocycles. The van der Waals surface area contributed by atoms with Gasteiger partial charge in [-0.3, -0.25) is 4.90 Å². The first-order chi connectivity index (χ1) is 8.01. The number of nitriles is 1. The van der Waals surface area contributed by atoms with Crippen LogP contribution in [0.5, 0.6) is 0 Å². The molecular weight excluding hydrogens is 229 g/mol. The van der Waals surface area contributed by atoms with Gasteiger partial charge in [0.15, 0.2) is 0 Å². The first-order valence-electron chi connectivity index (χ1n) is 5.29. The third-order valence-electron chi connectivity index (χ3n) is 2.89. The Morgan fingerprint density at radius 2 is 2.06 bits per heavy atom. The minimum Gasteiger partial charge on any atom is -0.275 e. The largest absolute Gasteiger partial charge is 0.401 e. The summed E-state index contributed by atoms with van der Waals surface area (Å²) in [5.41, 5.74) is 1.67. The lowest BCUT2D eigenvalue weighted by Gasteiger charge is -2.33. The van der Waals surface area contributed by atoms with Gasteiger partial charge in [0.2, 0.25) is 0 Å². The van der Waals surface area contributed by atoms with E-state index in [2.05, 4.69) is 0 Å². The van der Waals surface area contributed by atoms with E-state index in [4.69, 9.17) is 5.26 Å². The number of hydrogen-bond donors (Lipinski definition) is 0. The molecular formula is C12H11F3N2. The first-order valence-corrected chi connectivity index (χ1v) is 5.29. The van der Waals surface area contributed by atoms with E-state index < -0.39 is 18.8 Å². The molecule has 0 spiro atoms. The van der Waals surface area contributed by atoms with E-state index in [0.717, 1.165) is 5.56 Å². The molecule has 2 rings (SSSR count). The van der Waals surface area contributed by atoms with E-state index in [1.807, 2.05) is 18.2 Å². The molecule has 1 aromatic carbocycles. The molecule has 1 aromatic rings. The van der Waals surface area contributed by atoms with Gasteiger partial charge in [0, 0.05) is 6.54 Å². The second-order valence-corrected chi connectivity index (χ2v) is 4.07. The molecule has 0 bridgehead atoms. The minimum absolute atomic E-state index is 0.273. The van der Waals surface area contributed by atoms with Crippen molar-refractivity contribution in [3.05, 3.63) is 35.4 Å². The lowest BCUT2D eigenvalue weighted by molar-refractivity contribution is -0.149. The fraction of sp³-hybridized carbons (Fsp3) is 0.417. The summed E-state index contributed by atoms with van der Waals surface area (Å²) < 4.78 is 37.1. The summed E-state index contributed by atoms with van der Waals surface area (Å²) in [6.45, 7) is -0.756. The standard InChI is InChI=1S/C12H11F3N2/c13-12(14,15)8-17-6-5-9-3-1-2-4-10(9)11(17)7-16/h1-4,11H,5-6,8H2. The summed E-state index contributed by atoms with van der Waals surface area (Å²) in [7, 11) is 0. The number of alkyl halides is 3. The van der Waals surface area contributed by atoms with Crippen molar-refractivity contribution in [2.24, 2.45) is 0 Å². The van der Waals surface area contributed by atoms with Gasteiger partial charge >= 0.3 is 6.18 Å². The number of benzene rings is 1. The predicted octanol–water partition coefficient (Wildman–Crippen LogP) is 2.67.